The first-order chi connectivity index (χ1) is 9.15. The van der Waals surface area contributed by atoms with Crippen LogP contribution in [-0.2, 0) is 6.54 Å². The van der Waals surface area contributed by atoms with Crippen LogP contribution in [0.5, 0.6) is 0 Å². The molecule has 0 bridgehead atoms. The lowest BCUT2D eigenvalue weighted by Crippen LogP contribution is -2.10. The van der Waals surface area contributed by atoms with Gasteiger partial charge in [0.1, 0.15) is 17.5 Å². The molecule has 0 radical (unpaired) electrons. The number of aromatic nitrogens is 5. The Kier molecular flexibility index (Phi) is 4.27. The number of nitrogens with zero attached hydrogens (tertiary/aromatic N) is 5. The van der Waals surface area contributed by atoms with Gasteiger partial charge >= 0.3 is 0 Å². The summed E-state index contributed by atoms with van der Waals surface area (Å²) in [4.78, 5) is 8.64. The number of hydrogen-bond acceptors (Lipinski definition) is 6. The molecular formula is C12H19N7. The molecule has 0 spiro atoms. The zero-order valence-corrected chi connectivity index (χ0v) is 11.2. The summed E-state index contributed by atoms with van der Waals surface area (Å²) in [6.45, 7) is 5.71. The second kappa shape index (κ2) is 6.12. The first-order valence-corrected chi connectivity index (χ1v) is 6.37. The van der Waals surface area contributed by atoms with Crippen LogP contribution in [0.25, 0.3) is 0 Å². The van der Waals surface area contributed by atoms with E-state index in [1.807, 2.05) is 20.0 Å². The third-order valence-corrected chi connectivity index (χ3v) is 2.62. The molecule has 0 amide bonds. The molecule has 0 saturated heterocycles. The van der Waals surface area contributed by atoms with Crippen LogP contribution in [0.15, 0.2) is 18.5 Å². The maximum absolute atomic E-state index is 5.77. The quantitative estimate of drug-likeness (QED) is 0.760. The van der Waals surface area contributed by atoms with Gasteiger partial charge in [0, 0.05) is 31.3 Å². The zero-order valence-electron chi connectivity index (χ0n) is 11.2. The van der Waals surface area contributed by atoms with Crippen molar-refractivity contribution < 1.29 is 0 Å². The van der Waals surface area contributed by atoms with Crippen molar-refractivity contribution in [3.8, 4) is 0 Å². The average Bonchev–Trinajstić information content (AvgIpc) is 2.87. The lowest BCUT2D eigenvalue weighted by molar-refractivity contribution is 0.569. The first kappa shape index (κ1) is 13.3. The fourth-order valence-electron chi connectivity index (χ4n) is 1.64. The van der Waals surface area contributed by atoms with Crippen molar-refractivity contribution in [3.05, 3.63) is 24.3 Å². The minimum Gasteiger partial charge on any atom is -0.384 e. The number of nitrogens with two attached hydrogens (primary N) is 1. The van der Waals surface area contributed by atoms with Gasteiger partial charge in [-0.05, 0) is 6.42 Å². The van der Waals surface area contributed by atoms with Crippen LogP contribution in [0.2, 0.25) is 0 Å². The molecule has 102 valence electrons. The van der Waals surface area contributed by atoms with Crippen LogP contribution in [0.3, 0.4) is 0 Å². The third-order valence-electron chi connectivity index (χ3n) is 2.62. The van der Waals surface area contributed by atoms with Gasteiger partial charge in [0.15, 0.2) is 0 Å². The number of aryl methyl sites for hydroxylation is 1. The van der Waals surface area contributed by atoms with Crippen molar-refractivity contribution in [1.29, 1.82) is 0 Å². The highest BCUT2D eigenvalue weighted by atomic mass is 15.4. The summed E-state index contributed by atoms with van der Waals surface area (Å²) in [5, 5.41) is 10.9. The van der Waals surface area contributed by atoms with Crippen LogP contribution >= 0.6 is 0 Å². The van der Waals surface area contributed by atoms with E-state index in [4.69, 9.17) is 5.73 Å². The number of anilines is 2. The predicted octanol–water partition coefficient (Wildman–Crippen LogP) is 1.28. The van der Waals surface area contributed by atoms with Crippen molar-refractivity contribution in [1.82, 2.24) is 25.0 Å². The van der Waals surface area contributed by atoms with E-state index >= 15 is 0 Å². The van der Waals surface area contributed by atoms with Gasteiger partial charge in [0.25, 0.3) is 0 Å². The van der Waals surface area contributed by atoms with Gasteiger partial charge in [-0.1, -0.05) is 19.1 Å². The summed E-state index contributed by atoms with van der Waals surface area (Å²) in [5.74, 6) is 2.30. The molecule has 2 aromatic rings. The Hall–Kier alpha value is -2.18. The smallest absolute Gasteiger partial charge is 0.135 e. The fourth-order valence-corrected chi connectivity index (χ4v) is 1.64. The van der Waals surface area contributed by atoms with Crippen molar-refractivity contribution >= 4 is 11.6 Å². The topological polar surface area (TPSA) is 94.5 Å². The van der Waals surface area contributed by atoms with Crippen molar-refractivity contribution in [2.45, 2.75) is 32.7 Å². The highest BCUT2D eigenvalue weighted by molar-refractivity contribution is 5.44. The summed E-state index contributed by atoms with van der Waals surface area (Å²) in [7, 11) is 0. The molecule has 0 unspecified atom stereocenters. The second-order valence-electron chi connectivity index (χ2n) is 4.64. The standard InChI is InChI=1S/C12H19N7/c1-9(2)12-16-10(13)8-11(17-12)14-4-3-6-19-7-5-15-18-19/h5,7-9H,3-4,6H2,1-2H3,(H3,13,14,16,17). The Morgan fingerprint density at radius 2 is 2.21 bits per heavy atom. The Labute approximate surface area is 112 Å². The summed E-state index contributed by atoms with van der Waals surface area (Å²) < 4.78 is 1.80. The van der Waals surface area contributed by atoms with Gasteiger partial charge in [0.05, 0.1) is 6.20 Å². The lowest BCUT2D eigenvalue weighted by Gasteiger charge is -2.10. The van der Waals surface area contributed by atoms with E-state index in [0.29, 0.717) is 5.82 Å². The van der Waals surface area contributed by atoms with E-state index in [1.165, 1.54) is 0 Å². The molecule has 0 aliphatic rings. The largest absolute Gasteiger partial charge is 0.384 e. The molecular weight excluding hydrogens is 242 g/mol. The first-order valence-electron chi connectivity index (χ1n) is 6.37. The Bertz CT molecular complexity index is 507. The molecule has 0 aliphatic carbocycles. The molecule has 7 heteroatoms. The Morgan fingerprint density at radius 1 is 1.37 bits per heavy atom. The van der Waals surface area contributed by atoms with Crippen LogP contribution < -0.4 is 11.1 Å². The monoisotopic (exact) mass is 261 g/mol. The van der Waals surface area contributed by atoms with Gasteiger partial charge in [-0.2, -0.15) is 0 Å². The molecule has 7 nitrogen and oxygen atoms in total. The van der Waals surface area contributed by atoms with Crippen LogP contribution in [-0.4, -0.2) is 31.5 Å². The summed E-state index contributed by atoms with van der Waals surface area (Å²) >= 11 is 0. The number of nitrogens with one attached hydrogen (secondary N) is 1. The summed E-state index contributed by atoms with van der Waals surface area (Å²) in [6, 6.07) is 1.75. The van der Waals surface area contributed by atoms with E-state index in [1.54, 1.807) is 16.9 Å². The molecule has 0 atom stereocenters. The maximum Gasteiger partial charge on any atom is 0.135 e. The van der Waals surface area contributed by atoms with Gasteiger partial charge in [-0.15, -0.1) is 5.10 Å². The molecule has 2 rings (SSSR count). The fraction of sp³-hybridized carbons (Fsp3) is 0.500. The van der Waals surface area contributed by atoms with Gasteiger partial charge in [-0.3, -0.25) is 4.68 Å². The van der Waals surface area contributed by atoms with Crippen LogP contribution in [0.4, 0.5) is 11.6 Å². The summed E-state index contributed by atoms with van der Waals surface area (Å²) in [5.41, 5.74) is 5.77. The van der Waals surface area contributed by atoms with Crippen LogP contribution in [0, 0.1) is 0 Å². The minimum absolute atomic E-state index is 0.263. The summed E-state index contributed by atoms with van der Waals surface area (Å²) in [6.07, 6.45) is 4.46. The van der Waals surface area contributed by atoms with E-state index in [-0.39, 0.29) is 5.92 Å². The minimum atomic E-state index is 0.263. The van der Waals surface area contributed by atoms with Crippen molar-refractivity contribution in [3.63, 3.8) is 0 Å². The van der Waals surface area contributed by atoms with Crippen molar-refractivity contribution in [2.24, 2.45) is 0 Å². The normalized spacial score (nSPS) is 10.9. The van der Waals surface area contributed by atoms with Gasteiger partial charge in [-0.25, -0.2) is 9.97 Å². The van der Waals surface area contributed by atoms with Gasteiger partial charge in [0.2, 0.25) is 0 Å². The van der Waals surface area contributed by atoms with E-state index in [9.17, 15) is 0 Å². The zero-order chi connectivity index (χ0) is 13.7. The number of nitrogen functional groups attached to an aromatic ring is 1. The molecule has 0 saturated carbocycles. The third kappa shape index (κ3) is 3.90. The molecule has 2 aromatic heterocycles. The SMILES string of the molecule is CC(C)c1nc(N)cc(NCCCn2ccnn2)n1. The highest BCUT2D eigenvalue weighted by Crippen LogP contribution is 2.14. The van der Waals surface area contributed by atoms with Crippen LogP contribution in [0.1, 0.15) is 32.0 Å². The maximum atomic E-state index is 5.77. The molecule has 19 heavy (non-hydrogen) atoms. The molecule has 0 aromatic carbocycles. The highest BCUT2D eigenvalue weighted by Gasteiger charge is 2.06. The Morgan fingerprint density at radius 3 is 2.89 bits per heavy atom. The molecule has 0 fully saturated rings. The second-order valence-corrected chi connectivity index (χ2v) is 4.64. The van der Waals surface area contributed by atoms with E-state index in [2.05, 4.69) is 25.6 Å². The van der Waals surface area contributed by atoms with E-state index < -0.39 is 0 Å². The Balaban J connectivity index is 1.85. The molecule has 0 aliphatic heterocycles. The molecule has 2 heterocycles. The molecule has 3 N–H and O–H groups in total. The van der Waals surface area contributed by atoms with Gasteiger partial charge < -0.3 is 11.1 Å². The predicted molar refractivity (Wildman–Crippen MR) is 73.7 cm³/mol. The van der Waals surface area contributed by atoms with E-state index in [0.717, 1.165) is 31.2 Å². The average molecular weight is 261 g/mol. The number of hydrogen-bond donors (Lipinski definition) is 2. The lowest BCUT2D eigenvalue weighted by atomic mass is 10.2. The van der Waals surface area contributed by atoms with Crippen molar-refractivity contribution in [2.75, 3.05) is 17.6 Å². The number of rotatable bonds is 6.